The van der Waals surface area contributed by atoms with Crippen LogP contribution < -0.4 is 4.90 Å². The predicted molar refractivity (Wildman–Crippen MR) is 93.2 cm³/mol. The molecule has 0 bridgehead atoms. The SMILES string of the molecule is CCN1C(=O)C2(CCN(C(=O)OC(C)(C)C)CC2)c2ccccc21. The van der Waals surface area contributed by atoms with Crippen molar-refractivity contribution in [3.8, 4) is 0 Å². The lowest BCUT2D eigenvalue weighted by Crippen LogP contribution is -2.51. The van der Waals surface area contributed by atoms with E-state index in [1.165, 1.54) is 0 Å². The van der Waals surface area contributed by atoms with Gasteiger partial charge in [-0.05, 0) is 52.2 Å². The molecular weight excluding hydrogens is 304 g/mol. The molecule has 0 saturated carbocycles. The molecule has 5 heteroatoms. The number of likely N-dealkylation sites (tertiary alicyclic amines) is 1. The Labute approximate surface area is 143 Å². The third kappa shape index (κ3) is 2.66. The normalized spacial score (nSPS) is 19.6. The molecule has 1 aromatic carbocycles. The van der Waals surface area contributed by atoms with E-state index in [4.69, 9.17) is 4.74 Å². The Morgan fingerprint density at radius 1 is 1.21 bits per heavy atom. The number of piperidine rings is 1. The van der Waals surface area contributed by atoms with Crippen molar-refractivity contribution < 1.29 is 14.3 Å². The first-order valence-electron chi connectivity index (χ1n) is 8.68. The number of nitrogens with zero attached hydrogens (tertiary/aromatic N) is 2. The summed E-state index contributed by atoms with van der Waals surface area (Å²) in [4.78, 5) is 28.9. The van der Waals surface area contributed by atoms with Gasteiger partial charge >= 0.3 is 6.09 Å². The maximum atomic E-state index is 13.1. The van der Waals surface area contributed by atoms with E-state index >= 15 is 0 Å². The van der Waals surface area contributed by atoms with Crippen molar-refractivity contribution in [1.82, 2.24) is 4.90 Å². The minimum absolute atomic E-state index is 0.176. The van der Waals surface area contributed by atoms with Gasteiger partial charge in [0.2, 0.25) is 5.91 Å². The van der Waals surface area contributed by atoms with Crippen LogP contribution in [0.3, 0.4) is 0 Å². The second-order valence-electron chi connectivity index (χ2n) is 7.62. The highest BCUT2D eigenvalue weighted by atomic mass is 16.6. The van der Waals surface area contributed by atoms with Crippen LogP contribution >= 0.6 is 0 Å². The second kappa shape index (κ2) is 5.80. The van der Waals surface area contributed by atoms with Gasteiger partial charge in [0, 0.05) is 25.3 Å². The summed E-state index contributed by atoms with van der Waals surface area (Å²) in [5.41, 5.74) is 1.16. The van der Waals surface area contributed by atoms with Crippen LogP contribution in [0.15, 0.2) is 24.3 Å². The molecule has 2 amide bonds. The molecule has 0 aromatic heterocycles. The Hall–Kier alpha value is -2.04. The largest absolute Gasteiger partial charge is 0.444 e. The summed E-state index contributed by atoms with van der Waals surface area (Å²) in [6.45, 7) is 9.38. The number of hydrogen-bond acceptors (Lipinski definition) is 3. The van der Waals surface area contributed by atoms with Gasteiger partial charge in [-0.2, -0.15) is 0 Å². The molecule has 0 N–H and O–H groups in total. The van der Waals surface area contributed by atoms with Crippen LogP contribution in [0, 0.1) is 0 Å². The number of rotatable bonds is 1. The quantitative estimate of drug-likeness (QED) is 0.794. The molecule has 2 aliphatic rings. The first-order valence-corrected chi connectivity index (χ1v) is 8.68. The first kappa shape index (κ1) is 16.8. The van der Waals surface area contributed by atoms with E-state index in [1.54, 1.807) is 4.90 Å². The molecule has 130 valence electrons. The summed E-state index contributed by atoms with van der Waals surface area (Å²) in [5, 5.41) is 0. The molecule has 1 fully saturated rings. The summed E-state index contributed by atoms with van der Waals surface area (Å²) in [7, 11) is 0. The van der Waals surface area contributed by atoms with E-state index < -0.39 is 11.0 Å². The molecule has 1 saturated heterocycles. The van der Waals surface area contributed by atoms with Gasteiger partial charge < -0.3 is 14.5 Å². The number of amides is 2. The molecule has 2 aliphatic heterocycles. The van der Waals surface area contributed by atoms with Gasteiger partial charge in [-0.3, -0.25) is 4.79 Å². The minimum atomic E-state index is -0.499. The molecule has 2 heterocycles. The van der Waals surface area contributed by atoms with Crippen LogP contribution in [0.4, 0.5) is 10.5 Å². The van der Waals surface area contributed by atoms with Crippen LogP contribution in [-0.2, 0) is 14.9 Å². The molecule has 5 nitrogen and oxygen atoms in total. The zero-order chi connectivity index (χ0) is 17.5. The smallest absolute Gasteiger partial charge is 0.410 e. The third-order valence-corrected chi connectivity index (χ3v) is 4.95. The molecule has 1 spiro atoms. The summed E-state index contributed by atoms with van der Waals surface area (Å²) >= 11 is 0. The van der Waals surface area contributed by atoms with Gasteiger partial charge in [0.1, 0.15) is 5.60 Å². The maximum absolute atomic E-state index is 13.1. The fourth-order valence-corrected chi connectivity index (χ4v) is 3.79. The van der Waals surface area contributed by atoms with Crippen molar-refractivity contribution in [2.24, 2.45) is 0 Å². The Kier molecular flexibility index (Phi) is 4.06. The zero-order valence-electron chi connectivity index (χ0n) is 15.0. The first-order chi connectivity index (χ1) is 11.3. The molecule has 24 heavy (non-hydrogen) atoms. The van der Waals surface area contributed by atoms with E-state index in [0.717, 1.165) is 11.3 Å². The van der Waals surface area contributed by atoms with Crippen molar-refractivity contribution in [3.63, 3.8) is 0 Å². The molecule has 3 rings (SSSR count). The minimum Gasteiger partial charge on any atom is -0.444 e. The average Bonchev–Trinajstić information content (AvgIpc) is 2.76. The van der Waals surface area contributed by atoms with Crippen molar-refractivity contribution in [1.29, 1.82) is 0 Å². The van der Waals surface area contributed by atoms with E-state index in [-0.39, 0.29) is 12.0 Å². The van der Waals surface area contributed by atoms with Crippen LogP contribution in [0.2, 0.25) is 0 Å². The lowest BCUT2D eigenvalue weighted by atomic mass is 9.74. The molecule has 0 aliphatic carbocycles. The van der Waals surface area contributed by atoms with Crippen LogP contribution in [0.1, 0.15) is 46.1 Å². The predicted octanol–water partition coefficient (Wildman–Crippen LogP) is 3.32. The topological polar surface area (TPSA) is 49.9 Å². The number of fused-ring (bicyclic) bond motifs is 2. The number of hydrogen-bond donors (Lipinski definition) is 0. The fraction of sp³-hybridized carbons (Fsp3) is 0.579. The van der Waals surface area contributed by atoms with Gasteiger partial charge in [-0.25, -0.2) is 4.79 Å². The van der Waals surface area contributed by atoms with E-state index in [0.29, 0.717) is 32.5 Å². The molecular formula is C19H26N2O3. The van der Waals surface area contributed by atoms with Gasteiger partial charge in [-0.1, -0.05) is 18.2 Å². The summed E-state index contributed by atoms with van der Waals surface area (Å²) in [5.74, 6) is 0.176. The number of benzene rings is 1. The number of ether oxygens (including phenoxy) is 1. The lowest BCUT2D eigenvalue weighted by Gasteiger charge is -2.38. The fourth-order valence-electron chi connectivity index (χ4n) is 3.79. The Bertz CT molecular complexity index is 655. The number of anilines is 1. The summed E-state index contributed by atoms with van der Waals surface area (Å²) in [6, 6.07) is 8.05. The summed E-state index contributed by atoms with van der Waals surface area (Å²) in [6.07, 6.45) is 1.01. The monoisotopic (exact) mass is 330 g/mol. The molecule has 0 radical (unpaired) electrons. The van der Waals surface area contributed by atoms with E-state index in [9.17, 15) is 9.59 Å². The van der Waals surface area contributed by atoms with Crippen molar-refractivity contribution in [2.45, 2.75) is 51.6 Å². The highest BCUT2D eigenvalue weighted by Crippen LogP contribution is 2.47. The van der Waals surface area contributed by atoms with Crippen LogP contribution in [-0.4, -0.2) is 42.1 Å². The van der Waals surface area contributed by atoms with Crippen molar-refractivity contribution in [2.75, 3.05) is 24.5 Å². The number of para-hydroxylation sites is 1. The zero-order valence-corrected chi connectivity index (χ0v) is 15.0. The molecule has 1 aromatic rings. The molecule has 0 unspecified atom stereocenters. The highest BCUT2D eigenvalue weighted by Gasteiger charge is 2.52. The average molecular weight is 330 g/mol. The van der Waals surface area contributed by atoms with Crippen LogP contribution in [0.25, 0.3) is 0 Å². The van der Waals surface area contributed by atoms with Crippen molar-refractivity contribution >= 4 is 17.7 Å². The third-order valence-electron chi connectivity index (χ3n) is 4.95. The van der Waals surface area contributed by atoms with Gasteiger partial charge in [-0.15, -0.1) is 0 Å². The van der Waals surface area contributed by atoms with Gasteiger partial charge in [0.05, 0.1) is 5.41 Å². The van der Waals surface area contributed by atoms with Gasteiger partial charge in [0.15, 0.2) is 0 Å². The standard InChI is InChI=1S/C19H26N2O3/c1-5-21-15-9-7-6-8-14(15)19(16(21)22)10-12-20(13-11-19)17(23)24-18(2,3)4/h6-9H,5,10-13H2,1-4H3. The van der Waals surface area contributed by atoms with Gasteiger partial charge in [0.25, 0.3) is 0 Å². The Morgan fingerprint density at radius 2 is 1.83 bits per heavy atom. The summed E-state index contributed by atoms with van der Waals surface area (Å²) < 4.78 is 5.46. The van der Waals surface area contributed by atoms with Crippen molar-refractivity contribution in [3.05, 3.63) is 29.8 Å². The lowest BCUT2D eigenvalue weighted by molar-refractivity contribution is -0.124. The highest BCUT2D eigenvalue weighted by molar-refractivity contribution is 6.08. The maximum Gasteiger partial charge on any atom is 0.410 e. The number of carbonyl (C=O) groups is 2. The molecule has 0 atom stereocenters. The Morgan fingerprint density at radius 3 is 2.42 bits per heavy atom. The Balaban J connectivity index is 1.80. The number of carbonyl (C=O) groups excluding carboxylic acids is 2. The van der Waals surface area contributed by atoms with E-state index in [2.05, 4.69) is 6.07 Å². The second-order valence-corrected chi connectivity index (χ2v) is 7.62. The van der Waals surface area contributed by atoms with E-state index in [1.807, 2.05) is 50.8 Å². The van der Waals surface area contributed by atoms with Crippen LogP contribution in [0.5, 0.6) is 0 Å². The number of likely N-dealkylation sites (N-methyl/N-ethyl adjacent to an activating group) is 1.